The maximum atomic E-state index is 12.2. The first kappa shape index (κ1) is 13.0. The van der Waals surface area contributed by atoms with Crippen molar-refractivity contribution in [2.24, 2.45) is 5.73 Å². The number of ketones is 2. The van der Waals surface area contributed by atoms with Gasteiger partial charge in [-0.15, -0.1) is 0 Å². The number of fused-ring (bicyclic) bond motifs is 1. The van der Waals surface area contributed by atoms with Crippen molar-refractivity contribution in [1.29, 1.82) is 0 Å². The molecule has 1 aliphatic carbocycles. The van der Waals surface area contributed by atoms with E-state index in [4.69, 9.17) is 10.5 Å². The van der Waals surface area contributed by atoms with Crippen molar-refractivity contribution in [3.63, 3.8) is 0 Å². The van der Waals surface area contributed by atoms with E-state index in [2.05, 4.69) is 9.97 Å². The lowest BCUT2D eigenvalue weighted by Gasteiger charge is -2.17. The molecule has 0 saturated heterocycles. The molecule has 0 unspecified atom stereocenters. The largest absolute Gasteiger partial charge is 0.491 e. The van der Waals surface area contributed by atoms with Crippen LogP contribution < -0.4 is 5.73 Å². The van der Waals surface area contributed by atoms with Gasteiger partial charge in [-0.05, 0) is 24.3 Å². The van der Waals surface area contributed by atoms with E-state index in [0.717, 1.165) is 0 Å². The van der Waals surface area contributed by atoms with Gasteiger partial charge in [0.1, 0.15) is 11.4 Å². The summed E-state index contributed by atoms with van der Waals surface area (Å²) >= 11 is 0. The summed E-state index contributed by atoms with van der Waals surface area (Å²) in [5, 5.41) is 0. The molecule has 0 amide bonds. The third kappa shape index (κ3) is 1.97. The van der Waals surface area contributed by atoms with Gasteiger partial charge in [0.15, 0.2) is 5.76 Å². The van der Waals surface area contributed by atoms with Crippen molar-refractivity contribution in [3.8, 4) is 11.4 Å². The summed E-state index contributed by atoms with van der Waals surface area (Å²) in [6, 6.07) is 8.54. The second-order valence-electron chi connectivity index (χ2n) is 4.41. The van der Waals surface area contributed by atoms with Crippen LogP contribution in [0.5, 0.6) is 0 Å². The maximum Gasteiger partial charge on any atom is 0.232 e. The highest BCUT2D eigenvalue weighted by molar-refractivity contribution is 6.25. The molecule has 0 saturated carbocycles. The van der Waals surface area contributed by atoms with Crippen molar-refractivity contribution in [2.75, 3.05) is 7.11 Å². The molecule has 21 heavy (non-hydrogen) atoms. The molecule has 104 valence electrons. The van der Waals surface area contributed by atoms with Crippen LogP contribution >= 0.6 is 0 Å². The predicted molar refractivity (Wildman–Crippen MR) is 74.4 cm³/mol. The lowest BCUT2D eigenvalue weighted by Crippen LogP contribution is -2.28. The second kappa shape index (κ2) is 4.82. The first-order chi connectivity index (χ1) is 10.1. The molecule has 6 heteroatoms. The number of nitrogens with zero attached hydrogens (tertiary/aromatic N) is 2. The number of ether oxygens (including phenoxy) is 1. The minimum atomic E-state index is -0.515. The Morgan fingerprint density at radius 3 is 2.52 bits per heavy atom. The van der Waals surface area contributed by atoms with E-state index in [-0.39, 0.29) is 22.7 Å². The monoisotopic (exact) mass is 281 g/mol. The van der Waals surface area contributed by atoms with Gasteiger partial charge in [-0.2, -0.15) is 0 Å². The van der Waals surface area contributed by atoms with Gasteiger partial charge in [-0.25, -0.2) is 4.98 Å². The zero-order valence-electron chi connectivity index (χ0n) is 11.2. The van der Waals surface area contributed by atoms with Gasteiger partial charge >= 0.3 is 0 Å². The Morgan fingerprint density at radius 1 is 1.05 bits per heavy atom. The zero-order valence-corrected chi connectivity index (χ0v) is 11.2. The van der Waals surface area contributed by atoms with E-state index in [1.807, 2.05) is 6.07 Å². The van der Waals surface area contributed by atoms with Crippen LogP contribution in [0, 0.1) is 0 Å². The lowest BCUT2D eigenvalue weighted by molar-refractivity contribution is 0.0902. The van der Waals surface area contributed by atoms with Gasteiger partial charge in [0, 0.05) is 6.20 Å². The number of hydrogen-bond acceptors (Lipinski definition) is 6. The molecular weight excluding hydrogens is 270 g/mol. The van der Waals surface area contributed by atoms with E-state index < -0.39 is 11.6 Å². The number of carbonyl (C=O) groups excluding carboxylic acids is 2. The molecule has 3 rings (SSSR count). The maximum absolute atomic E-state index is 12.2. The fourth-order valence-corrected chi connectivity index (χ4v) is 2.15. The molecule has 0 spiro atoms. The average molecular weight is 281 g/mol. The van der Waals surface area contributed by atoms with Crippen LogP contribution in [-0.4, -0.2) is 28.6 Å². The highest BCUT2D eigenvalue weighted by Gasteiger charge is 2.33. The molecule has 0 radical (unpaired) electrons. The van der Waals surface area contributed by atoms with Crippen LogP contribution in [0.2, 0.25) is 0 Å². The highest BCUT2D eigenvalue weighted by Crippen LogP contribution is 2.25. The number of pyridine rings is 2. The van der Waals surface area contributed by atoms with E-state index >= 15 is 0 Å². The van der Waals surface area contributed by atoms with Gasteiger partial charge in [0.05, 0.1) is 24.1 Å². The number of Topliss-reactive ketones (excluding diaryl/α,β-unsaturated/α-hetero) is 2. The fourth-order valence-electron chi connectivity index (χ4n) is 2.15. The summed E-state index contributed by atoms with van der Waals surface area (Å²) in [7, 11) is 1.30. The number of carbonyl (C=O) groups is 2. The molecule has 0 aliphatic heterocycles. The van der Waals surface area contributed by atoms with Gasteiger partial charge < -0.3 is 10.5 Å². The predicted octanol–water partition coefficient (Wildman–Crippen LogP) is 1.34. The van der Waals surface area contributed by atoms with Crippen LogP contribution in [0.3, 0.4) is 0 Å². The van der Waals surface area contributed by atoms with Crippen molar-refractivity contribution in [2.45, 2.75) is 0 Å². The molecular formula is C15H11N3O3. The van der Waals surface area contributed by atoms with Crippen molar-refractivity contribution in [1.82, 2.24) is 9.97 Å². The molecule has 2 aromatic rings. The van der Waals surface area contributed by atoms with Crippen molar-refractivity contribution < 1.29 is 14.3 Å². The van der Waals surface area contributed by atoms with Gasteiger partial charge in [-0.1, -0.05) is 6.07 Å². The summed E-state index contributed by atoms with van der Waals surface area (Å²) in [6.07, 6.45) is 1.63. The molecule has 0 fully saturated rings. The highest BCUT2D eigenvalue weighted by atomic mass is 16.5. The van der Waals surface area contributed by atoms with E-state index in [9.17, 15) is 9.59 Å². The molecule has 1 aliphatic rings. The van der Waals surface area contributed by atoms with Gasteiger partial charge in [-0.3, -0.25) is 14.6 Å². The SMILES string of the molecule is COC1=C(N)C(=O)c2nc(-c3ccccn3)ccc2C1=O. The van der Waals surface area contributed by atoms with Crippen molar-refractivity contribution >= 4 is 11.6 Å². The first-order valence-corrected chi connectivity index (χ1v) is 6.19. The molecule has 2 N–H and O–H groups in total. The van der Waals surface area contributed by atoms with Crippen molar-refractivity contribution in [3.05, 3.63) is 59.2 Å². The molecule has 6 nitrogen and oxygen atoms in total. The molecule has 2 aromatic heterocycles. The third-order valence-corrected chi connectivity index (χ3v) is 3.18. The van der Waals surface area contributed by atoms with Crippen LogP contribution in [0.15, 0.2) is 48.0 Å². The van der Waals surface area contributed by atoms with Gasteiger partial charge in [0.2, 0.25) is 11.6 Å². The van der Waals surface area contributed by atoms with Crippen LogP contribution in [0.4, 0.5) is 0 Å². The summed E-state index contributed by atoms with van der Waals surface area (Å²) in [5.41, 5.74) is 6.76. The summed E-state index contributed by atoms with van der Waals surface area (Å²) in [5.74, 6) is -1.09. The van der Waals surface area contributed by atoms with E-state index in [1.54, 1.807) is 24.4 Å². The van der Waals surface area contributed by atoms with Gasteiger partial charge in [0.25, 0.3) is 0 Å². The number of allylic oxidation sites excluding steroid dienone is 2. The number of hydrogen-bond donors (Lipinski definition) is 1. The fraction of sp³-hybridized carbons (Fsp3) is 0.0667. The van der Waals surface area contributed by atoms with Crippen LogP contribution in [0.25, 0.3) is 11.4 Å². The van der Waals surface area contributed by atoms with E-state index in [0.29, 0.717) is 11.4 Å². The Bertz CT molecular complexity index is 782. The summed E-state index contributed by atoms with van der Waals surface area (Å²) < 4.78 is 4.90. The number of nitrogens with two attached hydrogens (primary N) is 1. The Balaban J connectivity index is 2.15. The Labute approximate surface area is 120 Å². The number of methoxy groups -OCH3 is 1. The van der Waals surface area contributed by atoms with Crippen LogP contribution in [-0.2, 0) is 4.74 Å². The molecule has 0 aromatic carbocycles. The topological polar surface area (TPSA) is 95.2 Å². The Hall–Kier alpha value is -3.02. The normalized spacial score (nSPS) is 14.1. The standard InChI is InChI=1S/C15H11N3O3/c1-21-15-11(16)14(20)12-8(13(15)19)5-6-10(18-12)9-4-2-3-7-17-9/h2-7H,16H2,1H3. The third-order valence-electron chi connectivity index (χ3n) is 3.18. The lowest BCUT2D eigenvalue weighted by atomic mass is 9.95. The quantitative estimate of drug-likeness (QED) is 0.892. The average Bonchev–Trinajstić information content (AvgIpc) is 2.54. The molecule has 0 atom stereocenters. The summed E-state index contributed by atoms with van der Waals surface area (Å²) in [6.45, 7) is 0. The zero-order chi connectivity index (χ0) is 15.0. The minimum absolute atomic E-state index is 0.0291. The Kier molecular flexibility index (Phi) is 2.98. The number of rotatable bonds is 2. The summed E-state index contributed by atoms with van der Waals surface area (Å²) in [4.78, 5) is 32.8. The minimum Gasteiger partial charge on any atom is -0.491 e. The Morgan fingerprint density at radius 2 is 1.86 bits per heavy atom. The molecule has 2 heterocycles. The smallest absolute Gasteiger partial charge is 0.232 e. The molecule has 0 bridgehead atoms. The number of aromatic nitrogens is 2. The van der Waals surface area contributed by atoms with E-state index in [1.165, 1.54) is 13.2 Å². The van der Waals surface area contributed by atoms with Crippen LogP contribution in [0.1, 0.15) is 20.8 Å². The second-order valence-corrected chi connectivity index (χ2v) is 4.41. The first-order valence-electron chi connectivity index (χ1n) is 6.19.